The molecule has 10 nitrogen and oxygen atoms in total. The van der Waals surface area contributed by atoms with Gasteiger partial charge in [-0.15, -0.1) is 0 Å². The summed E-state index contributed by atoms with van der Waals surface area (Å²) in [4.78, 5) is 15.0. The number of aliphatic hydroxyl groups is 2. The Hall–Kier alpha value is -4.36. The number of rotatable bonds is 10. The zero-order valence-corrected chi connectivity index (χ0v) is 31.5. The minimum Gasteiger partial charge on any atom is -0.478 e. The van der Waals surface area contributed by atoms with Gasteiger partial charge in [0.15, 0.2) is 5.84 Å². The van der Waals surface area contributed by atoms with E-state index in [0.29, 0.717) is 34.7 Å². The van der Waals surface area contributed by atoms with Crippen molar-refractivity contribution in [3.8, 4) is 22.8 Å². The van der Waals surface area contributed by atoms with Crippen molar-refractivity contribution in [2.45, 2.75) is 53.8 Å². The molecule has 0 saturated carbocycles. The lowest BCUT2D eigenvalue weighted by molar-refractivity contribution is 0.0697. The molecule has 1 aromatic heterocycles. The fourth-order valence-corrected chi connectivity index (χ4v) is 5.68. The quantitative estimate of drug-likeness (QED) is 0.0401. The third-order valence-electron chi connectivity index (χ3n) is 7.22. The summed E-state index contributed by atoms with van der Waals surface area (Å²) in [5.41, 5.74) is 12.2. The van der Waals surface area contributed by atoms with E-state index < -0.39 is 5.97 Å². The molecule has 4 aromatic carbocycles. The summed E-state index contributed by atoms with van der Waals surface area (Å²) in [7, 11) is 0. The second-order valence-electron chi connectivity index (χ2n) is 12.2. The lowest BCUT2D eigenvalue weighted by Gasteiger charge is -2.04. The van der Waals surface area contributed by atoms with Crippen LogP contribution in [0.4, 0.5) is 0 Å². The van der Waals surface area contributed by atoms with Gasteiger partial charge in [0, 0.05) is 25.6 Å². The third kappa shape index (κ3) is 12.2. The smallest absolute Gasteiger partial charge is 0.335 e. The fourth-order valence-electron chi connectivity index (χ4n) is 4.67. The van der Waals surface area contributed by atoms with Gasteiger partial charge in [0.2, 0.25) is 5.82 Å². The van der Waals surface area contributed by atoms with E-state index in [2.05, 4.69) is 87.0 Å². The third-order valence-corrected chi connectivity index (χ3v) is 8.70. The van der Waals surface area contributed by atoms with Crippen LogP contribution in [0.15, 0.2) is 104 Å². The van der Waals surface area contributed by atoms with Gasteiger partial charge < -0.3 is 30.8 Å². The molecule has 0 aliphatic heterocycles. The van der Waals surface area contributed by atoms with E-state index in [-0.39, 0.29) is 19.0 Å². The minimum absolute atomic E-state index is 0.0128. The molecule has 5 rings (SSSR count). The lowest BCUT2D eigenvalue weighted by atomic mass is 10.0. The highest BCUT2D eigenvalue weighted by Crippen LogP contribution is 2.27. The second kappa shape index (κ2) is 19.7. The van der Waals surface area contributed by atoms with Crippen LogP contribution in [-0.2, 0) is 26.1 Å². The van der Waals surface area contributed by atoms with Crippen molar-refractivity contribution in [3.05, 3.63) is 127 Å². The molecule has 0 fully saturated rings. The highest BCUT2D eigenvalue weighted by atomic mass is 79.9. The van der Waals surface area contributed by atoms with Crippen molar-refractivity contribution < 1.29 is 29.8 Å². The predicted molar refractivity (Wildman–Crippen MR) is 202 cm³/mol. The Labute approximate surface area is 308 Å². The van der Waals surface area contributed by atoms with Gasteiger partial charge in [-0.1, -0.05) is 118 Å². The van der Waals surface area contributed by atoms with Crippen molar-refractivity contribution in [2.24, 2.45) is 22.7 Å². The van der Waals surface area contributed by atoms with Crippen LogP contribution in [0.2, 0.25) is 0 Å². The van der Waals surface area contributed by atoms with Gasteiger partial charge >= 0.3 is 5.97 Å². The number of aliphatic hydroxyl groups excluding tert-OH is 2. The number of carboxylic acids is 1. The van der Waals surface area contributed by atoms with Crippen LogP contribution in [-0.4, -0.2) is 42.5 Å². The summed E-state index contributed by atoms with van der Waals surface area (Å²) < 4.78 is 6.96. The summed E-state index contributed by atoms with van der Waals surface area (Å²) >= 11 is 6.69. The molecule has 0 bridgehead atoms. The fraction of sp³-hybridized carbons (Fsp3) is 0.263. The molecule has 6 N–H and O–H groups in total. The van der Waals surface area contributed by atoms with E-state index in [4.69, 9.17) is 25.7 Å². The minimum atomic E-state index is -0.865. The monoisotopic (exact) mass is 808 g/mol. The Morgan fingerprint density at radius 1 is 0.760 bits per heavy atom. The predicted octanol–water partition coefficient (Wildman–Crippen LogP) is 8.48. The van der Waals surface area contributed by atoms with Crippen LogP contribution in [0.5, 0.6) is 0 Å². The first-order valence-electron chi connectivity index (χ1n) is 15.9. The number of nitrogens with zero attached hydrogens (tertiary/aromatic N) is 3. The van der Waals surface area contributed by atoms with Crippen molar-refractivity contribution in [1.29, 1.82) is 0 Å². The molecule has 0 aliphatic rings. The average Bonchev–Trinajstić information content (AvgIpc) is 3.59. The highest BCUT2D eigenvalue weighted by Gasteiger charge is 2.12. The van der Waals surface area contributed by atoms with Crippen LogP contribution in [0, 0.1) is 11.8 Å². The zero-order chi connectivity index (χ0) is 36.8. The molecule has 0 spiro atoms. The van der Waals surface area contributed by atoms with Crippen molar-refractivity contribution in [3.63, 3.8) is 0 Å². The van der Waals surface area contributed by atoms with Crippen LogP contribution < -0.4 is 5.73 Å². The van der Waals surface area contributed by atoms with Gasteiger partial charge in [-0.25, -0.2) is 4.79 Å². The second-order valence-corrected chi connectivity index (χ2v) is 13.9. The molecule has 264 valence electrons. The topological polar surface area (TPSA) is 175 Å². The molecule has 1 heterocycles. The van der Waals surface area contributed by atoms with Crippen LogP contribution in [0.25, 0.3) is 22.8 Å². The number of halogens is 2. The molecule has 0 saturated heterocycles. The van der Waals surface area contributed by atoms with E-state index in [0.717, 1.165) is 44.0 Å². The van der Waals surface area contributed by atoms with Crippen molar-refractivity contribution >= 4 is 43.7 Å². The Balaban J connectivity index is 0.000000221. The zero-order valence-electron chi connectivity index (χ0n) is 28.3. The number of aromatic carboxylic acids is 1. The maximum Gasteiger partial charge on any atom is 0.335 e. The van der Waals surface area contributed by atoms with E-state index in [9.17, 15) is 9.90 Å². The van der Waals surface area contributed by atoms with Crippen LogP contribution >= 0.6 is 31.9 Å². The largest absolute Gasteiger partial charge is 0.478 e. The Morgan fingerprint density at radius 2 is 1.24 bits per heavy atom. The van der Waals surface area contributed by atoms with E-state index in [1.54, 1.807) is 30.3 Å². The van der Waals surface area contributed by atoms with Gasteiger partial charge in [0.05, 0.1) is 18.8 Å². The van der Waals surface area contributed by atoms with Gasteiger partial charge in [-0.05, 0) is 83.3 Å². The van der Waals surface area contributed by atoms with Crippen molar-refractivity contribution in [1.82, 2.24) is 10.1 Å². The molecule has 5 aromatic rings. The number of aromatic nitrogens is 2. The number of nitrogens with two attached hydrogens (primary N) is 1. The lowest BCUT2D eigenvalue weighted by Crippen LogP contribution is -2.13. The molecule has 0 amide bonds. The van der Waals surface area contributed by atoms with E-state index >= 15 is 0 Å². The van der Waals surface area contributed by atoms with Crippen LogP contribution in [0.1, 0.15) is 65.9 Å². The molecule has 0 aliphatic carbocycles. The number of hydrogen-bond acceptors (Lipinski definition) is 8. The molecular formula is C38H42Br2N4O6. The summed E-state index contributed by atoms with van der Waals surface area (Å²) in [6, 6.07) is 26.0. The standard InChI is InChI=1S/C19H19BrN2O2.C11H14O2.C8H9BrN2O2/c1-12(2)9-13-3-5-14(6-4-13)19-21-18(22-24-19)15-7-8-16(11-23)17(20)10-15;1-8(2)7-9-3-5-10(6-4-9)11(12)13;9-7-3-5(8(10)11-13)1-2-6(7)4-12/h3-8,10,12,23H,9,11H2,1-2H3;3-6,8H,7H2,1-2H3,(H,12,13);1-3,12-13H,4H2,(H2,10,11). The van der Waals surface area contributed by atoms with Crippen LogP contribution in [0.3, 0.4) is 0 Å². The molecule has 0 unspecified atom stereocenters. The maximum atomic E-state index is 10.5. The van der Waals surface area contributed by atoms with Gasteiger partial charge in [-0.3, -0.25) is 0 Å². The van der Waals surface area contributed by atoms with E-state index in [1.807, 2.05) is 42.5 Å². The van der Waals surface area contributed by atoms with Gasteiger partial charge in [0.1, 0.15) is 0 Å². The number of benzene rings is 4. The molecular weight excluding hydrogens is 768 g/mol. The molecule has 0 atom stereocenters. The number of carbonyl (C=O) groups is 1. The number of hydrogen-bond donors (Lipinski definition) is 5. The summed E-state index contributed by atoms with van der Waals surface area (Å²) in [6.07, 6.45) is 2.06. The van der Waals surface area contributed by atoms with E-state index in [1.165, 1.54) is 11.1 Å². The number of oxime groups is 1. The highest BCUT2D eigenvalue weighted by molar-refractivity contribution is 9.10. The first-order valence-corrected chi connectivity index (χ1v) is 17.5. The summed E-state index contributed by atoms with van der Waals surface area (Å²) in [6.45, 7) is 8.64. The van der Waals surface area contributed by atoms with Gasteiger partial charge in [0.25, 0.3) is 5.89 Å². The number of carboxylic acid groups (broad SMARTS) is 1. The first-order chi connectivity index (χ1) is 23.8. The summed E-state index contributed by atoms with van der Waals surface area (Å²) in [5, 5.41) is 42.1. The Bertz CT molecular complexity index is 1860. The Kier molecular flexibility index (Phi) is 15.8. The molecule has 12 heteroatoms. The van der Waals surface area contributed by atoms with Crippen molar-refractivity contribution in [2.75, 3.05) is 0 Å². The SMILES string of the molecule is CC(C)Cc1ccc(-c2nc(-c3ccc(CO)c(Br)c3)no2)cc1.CC(C)Cc1ccc(C(=O)O)cc1.N/C(=N\O)c1ccc(CO)c(Br)c1. The first kappa shape index (κ1) is 40.1. The average molecular weight is 811 g/mol. The van der Waals surface area contributed by atoms with Gasteiger partial charge in [-0.2, -0.15) is 4.98 Å². The summed E-state index contributed by atoms with van der Waals surface area (Å²) in [5.74, 6) is 1.45. The normalized spacial score (nSPS) is 11.1. The number of amidine groups is 1. The maximum absolute atomic E-state index is 10.5. The Morgan fingerprint density at radius 3 is 1.70 bits per heavy atom. The molecule has 0 radical (unpaired) electrons. The molecule has 50 heavy (non-hydrogen) atoms.